The van der Waals surface area contributed by atoms with Crippen LogP contribution in [0.3, 0.4) is 0 Å². The molecule has 110 valence electrons. The van der Waals surface area contributed by atoms with Crippen LogP contribution in [-0.4, -0.2) is 5.91 Å². The topological polar surface area (TPSA) is 29.1 Å². The summed E-state index contributed by atoms with van der Waals surface area (Å²) < 4.78 is 27.3. The maximum absolute atomic E-state index is 13.7. The van der Waals surface area contributed by atoms with Crippen LogP contribution < -0.4 is 5.32 Å². The van der Waals surface area contributed by atoms with Crippen molar-refractivity contribution in [2.45, 2.75) is 13.0 Å². The Balaban J connectivity index is 2.20. The summed E-state index contributed by atoms with van der Waals surface area (Å²) in [6.45, 7) is 1.63. The van der Waals surface area contributed by atoms with Crippen LogP contribution in [0.2, 0.25) is 5.02 Å². The smallest absolute Gasteiger partial charge is 0.252 e. The fraction of sp³-hybridized carbons (Fsp3) is 0.133. The molecule has 1 amide bonds. The fourth-order valence-electron chi connectivity index (χ4n) is 1.88. The molecule has 2 aromatic carbocycles. The Labute approximate surface area is 139 Å². The highest BCUT2D eigenvalue weighted by Crippen LogP contribution is 2.21. The molecule has 1 unspecified atom stereocenters. The summed E-state index contributed by atoms with van der Waals surface area (Å²) in [5, 5.41) is 3.12. The Hall–Kier alpha value is -1.21. The Kier molecular flexibility index (Phi) is 5.16. The second-order valence-electron chi connectivity index (χ2n) is 4.49. The first-order chi connectivity index (χ1) is 9.88. The van der Waals surface area contributed by atoms with Gasteiger partial charge in [0.15, 0.2) is 0 Å². The van der Waals surface area contributed by atoms with Crippen molar-refractivity contribution < 1.29 is 13.6 Å². The van der Waals surface area contributed by atoms with Gasteiger partial charge in [0, 0.05) is 20.2 Å². The zero-order valence-corrected chi connectivity index (χ0v) is 13.9. The van der Waals surface area contributed by atoms with E-state index in [1.165, 1.54) is 6.07 Å². The molecule has 0 saturated carbocycles. The Morgan fingerprint density at radius 3 is 2.62 bits per heavy atom. The summed E-state index contributed by atoms with van der Waals surface area (Å²) in [5.41, 5.74) is 0.638. The third kappa shape index (κ3) is 3.91. The predicted molar refractivity (Wildman–Crippen MR) is 86.4 cm³/mol. The van der Waals surface area contributed by atoms with Gasteiger partial charge in [0.05, 0.1) is 11.6 Å². The van der Waals surface area contributed by atoms with Gasteiger partial charge in [0.2, 0.25) is 0 Å². The highest BCUT2D eigenvalue weighted by atomic mass is 127. The molecular formula is C15H11ClF2INO. The zero-order chi connectivity index (χ0) is 15.6. The molecule has 0 saturated heterocycles. The number of carbonyl (C=O) groups is 1. The van der Waals surface area contributed by atoms with Crippen molar-refractivity contribution in [2.75, 3.05) is 0 Å². The molecule has 1 N–H and O–H groups in total. The van der Waals surface area contributed by atoms with Crippen LogP contribution in [0.1, 0.15) is 28.9 Å². The van der Waals surface area contributed by atoms with Crippen LogP contribution >= 0.6 is 34.2 Å². The fourth-order valence-corrected chi connectivity index (χ4v) is 2.63. The molecule has 21 heavy (non-hydrogen) atoms. The lowest BCUT2D eigenvalue weighted by molar-refractivity contribution is 0.0938. The first-order valence-corrected chi connectivity index (χ1v) is 7.55. The van der Waals surface area contributed by atoms with Crippen LogP contribution in [0.4, 0.5) is 8.78 Å². The average Bonchev–Trinajstić information content (AvgIpc) is 2.41. The molecule has 1 atom stereocenters. The van der Waals surface area contributed by atoms with E-state index >= 15 is 0 Å². The zero-order valence-electron chi connectivity index (χ0n) is 11.0. The standard InChI is InChI=1S/C15H11ClF2INO/c1-8(11-4-3-10(17)7-13(11)18)20-15(21)12-6-9(16)2-5-14(12)19/h2-8H,1H3,(H,20,21). The first-order valence-electron chi connectivity index (χ1n) is 6.09. The highest BCUT2D eigenvalue weighted by Gasteiger charge is 2.17. The molecule has 0 fully saturated rings. The van der Waals surface area contributed by atoms with E-state index in [1.807, 2.05) is 22.6 Å². The molecule has 2 rings (SSSR count). The van der Waals surface area contributed by atoms with E-state index < -0.39 is 17.7 Å². The van der Waals surface area contributed by atoms with Gasteiger partial charge in [-0.05, 0) is 53.8 Å². The molecule has 0 radical (unpaired) electrons. The first kappa shape index (κ1) is 16.2. The average molecular weight is 422 g/mol. The largest absolute Gasteiger partial charge is 0.345 e. The molecule has 2 nitrogen and oxygen atoms in total. The normalized spacial score (nSPS) is 12.0. The molecule has 0 spiro atoms. The Bertz CT molecular complexity index is 693. The van der Waals surface area contributed by atoms with Crippen molar-refractivity contribution in [3.8, 4) is 0 Å². The number of amides is 1. The number of nitrogens with one attached hydrogen (secondary N) is 1. The molecule has 6 heteroatoms. The van der Waals surface area contributed by atoms with Gasteiger partial charge in [-0.25, -0.2) is 8.78 Å². The van der Waals surface area contributed by atoms with Crippen LogP contribution in [-0.2, 0) is 0 Å². The second-order valence-corrected chi connectivity index (χ2v) is 6.08. The maximum atomic E-state index is 13.7. The van der Waals surface area contributed by atoms with Crippen LogP contribution in [0, 0.1) is 15.2 Å². The number of benzene rings is 2. The monoisotopic (exact) mass is 421 g/mol. The summed E-state index contributed by atoms with van der Waals surface area (Å²) in [6.07, 6.45) is 0. The van der Waals surface area contributed by atoms with E-state index in [0.717, 1.165) is 15.7 Å². The van der Waals surface area contributed by atoms with Crippen LogP contribution in [0.25, 0.3) is 0 Å². The molecular weight excluding hydrogens is 411 g/mol. The van der Waals surface area contributed by atoms with Gasteiger partial charge in [-0.2, -0.15) is 0 Å². The summed E-state index contributed by atoms with van der Waals surface area (Å²) in [4.78, 5) is 12.2. The van der Waals surface area contributed by atoms with Crippen molar-refractivity contribution >= 4 is 40.1 Å². The van der Waals surface area contributed by atoms with Gasteiger partial charge in [-0.15, -0.1) is 0 Å². The molecule has 0 heterocycles. The summed E-state index contributed by atoms with van der Waals surface area (Å²) in [7, 11) is 0. The molecule has 0 aliphatic heterocycles. The predicted octanol–water partition coefficient (Wildman–Crippen LogP) is 4.71. The van der Waals surface area contributed by atoms with Crippen LogP contribution in [0.5, 0.6) is 0 Å². The molecule has 0 aliphatic rings. The van der Waals surface area contributed by atoms with Crippen molar-refractivity contribution in [2.24, 2.45) is 0 Å². The number of rotatable bonds is 3. The Morgan fingerprint density at radius 2 is 1.95 bits per heavy atom. The molecule has 0 bridgehead atoms. The third-order valence-corrected chi connectivity index (χ3v) is 4.13. The minimum Gasteiger partial charge on any atom is -0.345 e. The SMILES string of the molecule is CC(NC(=O)c1cc(Cl)ccc1I)c1ccc(F)cc1F. The lowest BCUT2D eigenvalue weighted by Gasteiger charge is -2.16. The van der Waals surface area contributed by atoms with Gasteiger partial charge in [-0.1, -0.05) is 17.7 Å². The molecule has 0 aromatic heterocycles. The van der Waals surface area contributed by atoms with Crippen molar-refractivity contribution in [1.29, 1.82) is 0 Å². The molecule has 2 aromatic rings. The summed E-state index contributed by atoms with van der Waals surface area (Å²) in [5.74, 6) is -1.71. The van der Waals surface area contributed by atoms with Crippen LogP contribution in [0.15, 0.2) is 36.4 Å². The van der Waals surface area contributed by atoms with Crippen molar-refractivity contribution in [3.63, 3.8) is 0 Å². The highest BCUT2D eigenvalue weighted by molar-refractivity contribution is 14.1. The second kappa shape index (κ2) is 6.70. The number of carbonyl (C=O) groups excluding carboxylic acids is 1. The van der Waals surface area contributed by atoms with E-state index in [2.05, 4.69) is 5.32 Å². The molecule has 0 aliphatic carbocycles. The number of hydrogen-bond acceptors (Lipinski definition) is 1. The summed E-state index contributed by atoms with van der Waals surface area (Å²) in [6, 6.07) is 7.63. The minimum absolute atomic E-state index is 0.224. The summed E-state index contributed by atoms with van der Waals surface area (Å²) >= 11 is 7.89. The van der Waals surface area contributed by atoms with E-state index in [4.69, 9.17) is 11.6 Å². The van der Waals surface area contributed by atoms with Crippen molar-refractivity contribution in [3.05, 3.63) is 67.8 Å². The van der Waals surface area contributed by atoms with E-state index in [9.17, 15) is 13.6 Å². The number of hydrogen-bond donors (Lipinski definition) is 1. The Morgan fingerprint density at radius 1 is 1.24 bits per heavy atom. The van der Waals surface area contributed by atoms with E-state index in [0.29, 0.717) is 10.6 Å². The third-order valence-electron chi connectivity index (χ3n) is 2.95. The maximum Gasteiger partial charge on any atom is 0.252 e. The van der Waals surface area contributed by atoms with Gasteiger partial charge < -0.3 is 5.32 Å². The minimum atomic E-state index is -0.691. The quantitative estimate of drug-likeness (QED) is 0.714. The lowest BCUT2D eigenvalue weighted by atomic mass is 10.1. The van der Waals surface area contributed by atoms with Gasteiger partial charge in [0.25, 0.3) is 5.91 Å². The van der Waals surface area contributed by atoms with Gasteiger partial charge >= 0.3 is 0 Å². The van der Waals surface area contributed by atoms with Gasteiger partial charge in [-0.3, -0.25) is 4.79 Å². The van der Waals surface area contributed by atoms with E-state index in [1.54, 1.807) is 25.1 Å². The lowest BCUT2D eigenvalue weighted by Crippen LogP contribution is -2.28. The van der Waals surface area contributed by atoms with E-state index in [-0.39, 0.29) is 11.5 Å². The van der Waals surface area contributed by atoms with Gasteiger partial charge in [0.1, 0.15) is 11.6 Å². The van der Waals surface area contributed by atoms with Crippen molar-refractivity contribution in [1.82, 2.24) is 5.32 Å². The number of halogens is 4.